The van der Waals surface area contributed by atoms with Gasteiger partial charge >= 0.3 is 0 Å². The van der Waals surface area contributed by atoms with Gasteiger partial charge in [-0.1, -0.05) is 43.3 Å². The quantitative estimate of drug-likeness (QED) is 0.772. The van der Waals surface area contributed by atoms with E-state index in [1.54, 1.807) is 18.2 Å². The first kappa shape index (κ1) is 17.8. The maximum Gasteiger partial charge on any atom is 0.277 e. The molecule has 0 unspecified atom stereocenters. The Morgan fingerprint density at radius 2 is 2.17 bits per heavy atom. The van der Waals surface area contributed by atoms with E-state index in [1.807, 2.05) is 20.8 Å². The van der Waals surface area contributed by atoms with E-state index < -0.39 is 0 Å². The third-order valence-electron chi connectivity index (χ3n) is 3.29. The van der Waals surface area contributed by atoms with Gasteiger partial charge in [0.05, 0.1) is 11.8 Å². The average molecular weight is 355 g/mol. The summed E-state index contributed by atoms with van der Waals surface area (Å²) in [7, 11) is 0. The Morgan fingerprint density at radius 3 is 2.87 bits per heavy atom. The molecule has 1 heterocycles. The smallest absolute Gasteiger partial charge is 0.277 e. The van der Waals surface area contributed by atoms with Crippen molar-refractivity contribution in [2.45, 2.75) is 32.0 Å². The van der Waals surface area contributed by atoms with Gasteiger partial charge in [-0.15, -0.1) is 10.2 Å². The summed E-state index contributed by atoms with van der Waals surface area (Å²) in [5.74, 6) is 0.564. The van der Waals surface area contributed by atoms with Crippen molar-refractivity contribution in [1.82, 2.24) is 10.2 Å². The summed E-state index contributed by atoms with van der Waals surface area (Å²) >= 11 is 7.19. The number of hydrogen-bond acceptors (Lipinski definition) is 6. The Balaban J connectivity index is 1.91. The van der Waals surface area contributed by atoms with Gasteiger partial charge in [0.25, 0.3) is 5.22 Å². The van der Waals surface area contributed by atoms with Crippen LogP contribution in [0.4, 0.5) is 5.69 Å². The molecule has 0 fully saturated rings. The number of amides is 1. The van der Waals surface area contributed by atoms with Crippen LogP contribution in [0.15, 0.2) is 27.8 Å². The molecule has 0 aliphatic carbocycles. The Labute approximate surface area is 144 Å². The van der Waals surface area contributed by atoms with Crippen molar-refractivity contribution >= 4 is 35.0 Å². The number of carbonyl (C=O) groups excluding carboxylic acids is 1. The van der Waals surface area contributed by atoms with Crippen LogP contribution >= 0.6 is 23.4 Å². The minimum absolute atomic E-state index is 0.157. The first-order valence-electron chi connectivity index (χ1n) is 7.15. The Kier molecular flexibility index (Phi) is 6.04. The number of nitrogens with zero attached hydrogens (tertiary/aromatic N) is 2. The Hall–Kier alpha value is -1.57. The minimum Gasteiger partial charge on any atom is -0.414 e. The van der Waals surface area contributed by atoms with E-state index in [4.69, 9.17) is 21.8 Å². The predicted molar refractivity (Wildman–Crippen MR) is 91.6 cm³/mol. The normalized spacial score (nSPS) is 12.4. The highest BCUT2D eigenvalue weighted by molar-refractivity contribution is 7.99. The fraction of sp³-hybridized carbons (Fsp3) is 0.400. The number of hydrogen-bond donors (Lipinski definition) is 2. The standard InChI is InChI=1S/C15H19ClN4O2S/c1-8(2)13(17)14-19-20-15(22-14)23-7-12(21)18-11-6-4-5-10(16)9(11)3/h4-6,8,13H,7,17H2,1-3H3,(H,18,21)/t13-/m0/s1. The lowest BCUT2D eigenvalue weighted by molar-refractivity contribution is -0.113. The van der Waals surface area contributed by atoms with Crippen molar-refractivity contribution in [3.8, 4) is 0 Å². The van der Waals surface area contributed by atoms with Crippen LogP contribution in [0.5, 0.6) is 0 Å². The van der Waals surface area contributed by atoms with Crippen molar-refractivity contribution in [3.63, 3.8) is 0 Å². The third-order valence-corrected chi connectivity index (χ3v) is 4.52. The molecule has 23 heavy (non-hydrogen) atoms. The highest BCUT2D eigenvalue weighted by Gasteiger charge is 2.18. The summed E-state index contributed by atoms with van der Waals surface area (Å²) in [6.45, 7) is 5.80. The molecular formula is C15H19ClN4O2S. The lowest BCUT2D eigenvalue weighted by Gasteiger charge is -2.09. The summed E-state index contributed by atoms with van der Waals surface area (Å²) < 4.78 is 5.46. The average Bonchev–Trinajstić information content (AvgIpc) is 2.98. The number of anilines is 1. The zero-order chi connectivity index (χ0) is 17.0. The van der Waals surface area contributed by atoms with Crippen LogP contribution in [0.2, 0.25) is 5.02 Å². The zero-order valence-electron chi connectivity index (χ0n) is 13.2. The molecule has 1 atom stereocenters. The summed E-state index contributed by atoms with van der Waals surface area (Å²) in [4.78, 5) is 12.0. The molecule has 0 bridgehead atoms. The van der Waals surface area contributed by atoms with Crippen molar-refractivity contribution in [3.05, 3.63) is 34.7 Å². The summed E-state index contributed by atoms with van der Waals surface area (Å²) in [5.41, 5.74) is 7.46. The SMILES string of the molecule is Cc1c(Cl)cccc1NC(=O)CSc1nnc([C@@H](N)C(C)C)o1. The summed E-state index contributed by atoms with van der Waals surface area (Å²) in [6.07, 6.45) is 0. The molecule has 1 amide bonds. The van der Waals surface area contributed by atoms with E-state index in [0.29, 0.717) is 21.8 Å². The number of carbonyl (C=O) groups is 1. The van der Waals surface area contributed by atoms with E-state index in [2.05, 4.69) is 15.5 Å². The first-order valence-corrected chi connectivity index (χ1v) is 8.51. The van der Waals surface area contributed by atoms with Crippen molar-refractivity contribution in [1.29, 1.82) is 0 Å². The van der Waals surface area contributed by atoms with Crippen LogP contribution in [0.1, 0.15) is 31.3 Å². The maximum absolute atomic E-state index is 12.0. The molecule has 1 aromatic heterocycles. The van der Waals surface area contributed by atoms with Crippen LogP contribution in [-0.2, 0) is 4.79 Å². The van der Waals surface area contributed by atoms with Gasteiger partial charge in [0, 0.05) is 10.7 Å². The molecule has 2 rings (SSSR count). The molecule has 8 heteroatoms. The number of rotatable bonds is 6. The van der Waals surface area contributed by atoms with E-state index >= 15 is 0 Å². The van der Waals surface area contributed by atoms with Crippen LogP contribution in [-0.4, -0.2) is 21.9 Å². The molecule has 0 saturated heterocycles. The second kappa shape index (κ2) is 7.81. The van der Waals surface area contributed by atoms with Crippen LogP contribution in [0.3, 0.4) is 0 Å². The van der Waals surface area contributed by atoms with Gasteiger partial charge in [-0.25, -0.2) is 0 Å². The molecule has 124 valence electrons. The van der Waals surface area contributed by atoms with Gasteiger partial charge in [-0.05, 0) is 30.5 Å². The number of halogens is 1. The van der Waals surface area contributed by atoms with Gasteiger partial charge in [0.1, 0.15) is 0 Å². The number of thioether (sulfide) groups is 1. The van der Waals surface area contributed by atoms with Gasteiger partial charge < -0.3 is 15.5 Å². The maximum atomic E-state index is 12.0. The van der Waals surface area contributed by atoms with E-state index in [1.165, 1.54) is 11.8 Å². The fourth-order valence-electron chi connectivity index (χ4n) is 1.76. The summed E-state index contributed by atoms with van der Waals surface area (Å²) in [6, 6.07) is 5.06. The minimum atomic E-state index is -0.306. The van der Waals surface area contributed by atoms with Gasteiger partial charge in [-0.3, -0.25) is 4.79 Å². The number of nitrogens with one attached hydrogen (secondary N) is 1. The highest BCUT2D eigenvalue weighted by Crippen LogP contribution is 2.25. The van der Waals surface area contributed by atoms with E-state index in [-0.39, 0.29) is 23.6 Å². The molecule has 3 N–H and O–H groups in total. The number of aromatic nitrogens is 2. The third kappa shape index (κ3) is 4.70. The molecule has 6 nitrogen and oxygen atoms in total. The summed E-state index contributed by atoms with van der Waals surface area (Å²) in [5, 5.41) is 11.6. The molecular weight excluding hydrogens is 336 g/mol. The Bertz CT molecular complexity index is 690. The predicted octanol–water partition coefficient (Wildman–Crippen LogP) is 3.42. The molecule has 1 aromatic carbocycles. The molecule has 0 radical (unpaired) electrons. The van der Waals surface area contributed by atoms with Crippen LogP contribution in [0.25, 0.3) is 0 Å². The monoisotopic (exact) mass is 354 g/mol. The van der Waals surface area contributed by atoms with E-state index in [9.17, 15) is 4.79 Å². The van der Waals surface area contributed by atoms with Gasteiger partial charge in [-0.2, -0.15) is 0 Å². The molecule has 2 aromatic rings. The van der Waals surface area contributed by atoms with Gasteiger partial charge in [0.15, 0.2) is 0 Å². The molecule has 0 saturated carbocycles. The van der Waals surface area contributed by atoms with Crippen LogP contribution < -0.4 is 11.1 Å². The molecule has 0 aliphatic heterocycles. The number of benzene rings is 1. The zero-order valence-corrected chi connectivity index (χ0v) is 14.7. The lowest BCUT2D eigenvalue weighted by atomic mass is 10.1. The van der Waals surface area contributed by atoms with E-state index in [0.717, 1.165) is 5.56 Å². The fourth-order valence-corrected chi connectivity index (χ4v) is 2.50. The van der Waals surface area contributed by atoms with Gasteiger partial charge in [0.2, 0.25) is 11.8 Å². The molecule has 0 aliphatic rings. The number of nitrogens with two attached hydrogens (primary N) is 1. The largest absolute Gasteiger partial charge is 0.414 e. The Morgan fingerprint density at radius 1 is 1.43 bits per heavy atom. The second-order valence-electron chi connectivity index (χ2n) is 5.43. The van der Waals surface area contributed by atoms with Crippen molar-refractivity contribution in [2.75, 3.05) is 11.1 Å². The molecule has 0 spiro atoms. The van der Waals surface area contributed by atoms with Crippen LogP contribution in [0, 0.1) is 12.8 Å². The first-order chi connectivity index (χ1) is 10.9. The van der Waals surface area contributed by atoms with Crippen molar-refractivity contribution in [2.24, 2.45) is 11.7 Å². The topological polar surface area (TPSA) is 94.0 Å². The van der Waals surface area contributed by atoms with Crippen molar-refractivity contribution < 1.29 is 9.21 Å². The second-order valence-corrected chi connectivity index (χ2v) is 6.76. The highest BCUT2D eigenvalue weighted by atomic mass is 35.5. The lowest BCUT2D eigenvalue weighted by Crippen LogP contribution is -2.16.